The van der Waals surface area contributed by atoms with Gasteiger partial charge in [0.25, 0.3) is 0 Å². The van der Waals surface area contributed by atoms with Gasteiger partial charge in [0.2, 0.25) is 0 Å². The first-order valence-electron chi connectivity index (χ1n) is 8.93. The van der Waals surface area contributed by atoms with Crippen molar-refractivity contribution in [3.63, 3.8) is 0 Å². The van der Waals surface area contributed by atoms with E-state index < -0.39 is 0 Å². The summed E-state index contributed by atoms with van der Waals surface area (Å²) in [7, 11) is 0. The maximum absolute atomic E-state index is 3.57. The third-order valence-corrected chi connectivity index (χ3v) is 5.79. The summed E-state index contributed by atoms with van der Waals surface area (Å²) in [4.78, 5) is 0. The number of nitrogens with one attached hydrogen (secondary N) is 2. The molecule has 0 unspecified atom stereocenters. The molecule has 0 spiro atoms. The Morgan fingerprint density at radius 1 is 0.429 bits per heavy atom. The van der Waals surface area contributed by atoms with Gasteiger partial charge >= 0.3 is 0 Å². The largest absolute Gasteiger partial charge is 0.355 e. The van der Waals surface area contributed by atoms with E-state index in [4.69, 9.17) is 0 Å². The molecule has 0 radical (unpaired) electrons. The molecule has 0 saturated heterocycles. The zero-order chi connectivity index (χ0) is 19.3. The Labute approximate surface area is 181 Å². The molecule has 138 valence electrons. The lowest BCUT2D eigenvalue weighted by Crippen LogP contribution is -1.92. The summed E-state index contributed by atoms with van der Waals surface area (Å²) in [6, 6.07) is 33.1. The van der Waals surface area contributed by atoms with Crippen LogP contribution in [0, 0.1) is 0 Å². The summed E-state index contributed by atoms with van der Waals surface area (Å²) in [6.45, 7) is 0. The molecule has 2 N–H and O–H groups in total. The Morgan fingerprint density at radius 3 is 1.14 bits per heavy atom. The van der Waals surface area contributed by atoms with E-state index in [2.05, 4.69) is 103 Å². The van der Waals surface area contributed by atoms with Crippen molar-refractivity contribution in [2.45, 2.75) is 0 Å². The summed E-state index contributed by atoms with van der Waals surface area (Å²) < 4.78 is 2.10. The molecule has 4 aromatic carbocycles. The molecule has 0 heterocycles. The molecule has 2 nitrogen and oxygen atoms in total. The summed E-state index contributed by atoms with van der Waals surface area (Å²) in [6.07, 6.45) is 0. The van der Waals surface area contributed by atoms with E-state index in [-0.39, 0.29) is 0 Å². The van der Waals surface area contributed by atoms with Crippen molar-refractivity contribution in [3.05, 3.63) is 106 Å². The predicted molar refractivity (Wildman–Crippen MR) is 127 cm³/mol. The number of hydrogen-bond donors (Lipinski definition) is 2. The molecule has 0 atom stereocenters. The van der Waals surface area contributed by atoms with Crippen LogP contribution in [0.1, 0.15) is 0 Å². The van der Waals surface area contributed by atoms with E-state index in [0.29, 0.717) is 0 Å². The topological polar surface area (TPSA) is 24.1 Å². The van der Waals surface area contributed by atoms with Gasteiger partial charge in [0.15, 0.2) is 0 Å². The van der Waals surface area contributed by atoms with Gasteiger partial charge in [-0.15, -0.1) is 0 Å². The number of benzene rings is 4. The third-order valence-electron chi connectivity index (χ3n) is 4.41. The highest BCUT2D eigenvalue weighted by atomic mass is 79.9. The Bertz CT molecular complexity index is 985. The fourth-order valence-electron chi connectivity index (χ4n) is 2.93. The van der Waals surface area contributed by atoms with Crippen LogP contribution in [0.4, 0.5) is 22.7 Å². The van der Waals surface area contributed by atoms with Gasteiger partial charge in [0.05, 0.1) is 11.4 Å². The molecule has 4 heteroatoms. The molecule has 0 amide bonds. The molecular formula is C24H18Br2N2. The van der Waals surface area contributed by atoms with E-state index in [9.17, 15) is 0 Å². The van der Waals surface area contributed by atoms with Gasteiger partial charge < -0.3 is 10.6 Å². The average molecular weight is 494 g/mol. The van der Waals surface area contributed by atoms with Crippen molar-refractivity contribution in [2.24, 2.45) is 0 Å². The minimum Gasteiger partial charge on any atom is -0.355 e. The van der Waals surface area contributed by atoms with Crippen LogP contribution in [0.25, 0.3) is 11.1 Å². The lowest BCUT2D eigenvalue weighted by Gasteiger charge is -2.11. The minimum atomic E-state index is 1.05. The molecule has 4 rings (SSSR count). The second kappa shape index (κ2) is 8.63. The van der Waals surface area contributed by atoms with Crippen LogP contribution in [0.15, 0.2) is 106 Å². The van der Waals surface area contributed by atoms with Crippen LogP contribution in [0.3, 0.4) is 0 Å². The van der Waals surface area contributed by atoms with Gasteiger partial charge in [0, 0.05) is 20.3 Å². The Kier molecular flexibility index (Phi) is 5.79. The zero-order valence-electron chi connectivity index (χ0n) is 15.0. The maximum atomic E-state index is 3.57. The van der Waals surface area contributed by atoms with Gasteiger partial charge in [-0.2, -0.15) is 0 Å². The number of anilines is 4. The Hall–Kier alpha value is -2.56. The first-order chi connectivity index (χ1) is 13.7. The normalized spacial score (nSPS) is 10.5. The highest BCUT2D eigenvalue weighted by molar-refractivity contribution is 9.11. The van der Waals surface area contributed by atoms with Crippen LogP contribution in [-0.4, -0.2) is 0 Å². The van der Waals surface area contributed by atoms with Crippen molar-refractivity contribution in [3.8, 4) is 11.1 Å². The van der Waals surface area contributed by atoms with Gasteiger partial charge in [-0.25, -0.2) is 0 Å². The summed E-state index contributed by atoms with van der Waals surface area (Å²) in [5, 5.41) is 6.86. The second-order valence-electron chi connectivity index (χ2n) is 6.36. The highest BCUT2D eigenvalue weighted by Gasteiger charge is 2.03. The second-order valence-corrected chi connectivity index (χ2v) is 8.07. The van der Waals surface area contributed by atoms with Crippen LogP contribution in [0.5, 0.6) is 0 Å². The Balaban J connectivity index is 1.47. The maximum Gasteiger partial charge on any atom is 0.0528 e. The molecule has 0 aromatic heterocycles. The van der Waals surface area contributed by atoms with Crippen LogP contribution < -0.4 is 10.6 Å². The van der Waals surface area contributed by atoms with Gasteiger partial charge in [0.1, 0.15) is 0 Å². The van der Waals surface area contributed by atoms with Crippen LogP contribution in [0.2, 0.25) is 0 Å². The molecule has 0 aliphatic heterocycles. The van der Waals surface area contributed by atoms with E-state index in [0.717, 1.165) is 31.7 Å². The first-order valence-corrected chi connectivity index (χ1v) is 10.5. The van der Waals surface area contributed by atoms with E-state index in [1.54, 1.807) is 0 Å². The lowest BCUT2D eigenvalue weighted by molar-refractivity contribution is 1.51. The minimum absolute atomic E-state index is 1.05. The fraction of sp³-hybridized carbons (Fsp3) is 0. The van der Waals surface area contributed by atoms with Crippen molar-refractivity contribution in [1.29, 1.82) is 0 Å². The monoisotopic (exact) mass is 492 g/mol. The number of hydrogen-bond acceptors (Lipinski definition) is 2. The molecule has 0 aliphatic carbocycles. The third kappa shape index (κ3) is 4.46. The molecule has 0 aliphatic rings. The molecule has 4 aromatic rings. The highest BCUT2D eigenvalue weighted by Crippen LogP contribution is 2.29. The Morgan fingerprint density at radius 2 is 0.786 bits per heavy atom. The molecule has 0 bridgehead atoms. The quantitative estimate of drug-likeness (QED) is 0.291. The smallest absolute Gasteiger partial charge is 0.0528 e. The fourth-order valence-corrected chi connectivity index (χ4v) is 3.70. The van der Waals surface area contributed by atoms with Gasteiger partial charge in [-0.05, 0) is 91.5 Å². The van der Waals surface area contributed by atoms with Crippen molar-refractivity contribution in [1.82, 2.24) is 0 Å². The zero-order valence-corrected chi connectivity index (χ0v) is 18.2. The standard InChI is InChI=1S/C24H18Br2N2/c25-21-5-1-3-7-23(21)27-19-13-9-17(10-14-19)18-11-15-20(16-12-18)28-24-8-4-2-6-22(24)26/h1-16,27-28H. The average Bonchev–Trinajstić information content (AvgIpc) is 2.73. The van der Waals surface area contributed by atoms with E-state index in [1.165, 1.54) is 11.1 Å². The molecule has 28 heavy (non-hydrogen) atoms. The van der Waals surface area contributed by atoms with Crippen LogP contribution in [-0.2, 0) is 0 Å². The number of rotatable bonds is 5. The number of para-hydroxylation sites is 2. The lowest BCUT2D eigenvalue weighted by atomic mass is 10.0. The van der Waals surface area contributed by atoms with Gasteiger partial charge in [-0.3, -0.25) is 0 Å². The predicted octanol–water partition coefficient (Wildman–Crippen LogP) is 8.37. The van der Waals surface area contributed by atoms with Crippen molar-refractivity contribution in [2.75, 3.05) is 10.6 Å². The molecule has 0 saturated carbocycles. The van der Waals surface area contributed by atoms with Gasteiger partial charge in [-0.1, -0.05) is 48.5 Å². The summed E-state index contributed by atoms with van der Waals surface area (Å²) >= 11 is 7.14. The van der Waals surface area contributed by atoms with Crippen LogP contribution >= 0.6 is 31.9 Å². The SMILES string of the molecule is Brc1ccccc1Nc1ccc(-c2ccc(Nc3ccccc3Br)cc2)cc1. The number of halogens is 2. The van der Waals surface area contributed by atoms with E-state index >= 15 is 0 Å². The summed E-state index contributed by atoms with van der Waals surface area (Å²) in [5.41, 5.74) is 6.59. The molecular weight excluding hydrogens is 476 g/mol. The first kappa shape index (κ1) is 18.8. The molecule has 0 fully saturated rings. The van der Waals surface area contributed by atoms with E-state index in [1.807, 2.05) is 36.4 Å². The summed E-state index contributed by atoms with van der Waals surface area (Å²) in [5.74, 6) is 0. The van der Waals surface area contributed by atoms with Crippen molar-refractivity contribution < 1.29 is 0 Å². The van der Waals surface area contributed by atoms with Crippen molar-refractivity contribution >= 4 is 54.6 Å².